The van der Waals surface area contributed by atoms with Gasteiger partial charge in [0.05, 0.1) is 26.4 Å². The molecule has 1 aliphatic carbocycles. The largest absolute Gasteiger partial charge is 0.465 e. The molecule has 106 valence electrons. The maximum absolute atomic E-state index is 11.9. The molecule has 1 saturated carbocycles. The van der Waals surface area contributed by atoms with Gasteiger partial charge in [-0.05, 0) is 32.1 Å². The molecule has 1 fully saturated rings. The highest BCUT2D eigenvalue weighted by atomic mass is 16.5. The van der Waals surface area contributed by atoms with Crippen LogP contribution >= 0.6 is 0 Å². The van der Waals surface area contributed by atoms with E-state index in [-0.39, 0.29) is 18.5 Å². The van der Waals surface area contributed by atoms with Gasteiger partial charge < -0.3 is 19.9 Å². The molecule has 0 spiro atoms. The lowest BCUT2D eigenvalue weighted by Crippen LogP contribution is -2.55. The van der Waals surface area contributed by atoms with Crippen molar-refractivity contribution in [2.75, 3.05) is 33.0 Å². The van der Waals surface area contributed by atoms with Crippen LogP contribution in [-0.4, -0.2) is 44.5 Å². The Hall–Kier alpha value is -0.650. The van der Waals surface area contributed by atoms with Gasteiger partial charge in [-0.1, -0.05) is 6.92 Å². The fraction of sp³-hybridized carbons (Fsp3) is 0.923. The zero-order chi connectivity index (χ0) is 13.4. The predicted molar refractivity (Wildman–Crippen MR) is 68.2 cm³/mol. The zero-order valence-electron chi connectivity index (χ0n) is 11.4. The third-order valence-corrected chi connectivity index (χ3v) is 3.02. The molecule has 18 heavy (non-hydrogen) atoms. The van der Waals surface area contributed by atoms with Crippen LogP contribution in [0.2, 0.25) is 0 Å². The van der Waals surface area contributed by atoms with E-state index < -0.39 is 5.54 Å². The van der Waals surface area contributed by atoms with Crippen molar-refractivity contribution >= 4 is 5.97 Å². The highest BCUT2D eigenvalue weighted by molar-refractivity contribution is 5.81. The number of carbonyl (C=O) groups is 1. The number of hydrogen-bond donors (Lipinski definition) is 1. The second-order valence-corrected chi connectivity index (χ2v) is 4.70. The molecule has 2 N–H and O–H groups in total. The summed E-state index contributed by atoms with van der Waals surface area (Å²) < 4.78 is 15.8. The summed E-state index contributed by atoms with van der Waals surface area (Å²) in [5, 5.41) is 0. The van der Waals surface area contributed by atoms with Crippen LogP contribution in [0.4, 0.5) is 0 Å². The van der Waals surface area contributed by atoms with Crippen molar-refractivity contribution in [3.63, 3.8) is 0 Å². The quantitative estimate of drug-likeness (QED) is 0.470. The molecule has 1 aliphatic rings. The van der Waals surface area contributed by atoms with E-state index >= 15 is 0 Å². The molecule has 5 heteroatoms. The molecule has 0 radical (unpaired) electrons. The van der Waals surface area contributed by atoms with Crippen LogP contribution in [0.15, 0.2) is 0 Å². The van der Waals surface area contributed by atoms with Crippen molar-refractivity contribution < 1.29 is 19.0 Å². The molecule has 5 nitrogen and oxygen atoms in total. The number of carbonyl (C=O) groups excluding carboxylic acids is 1. The Balaban J connectivity index is 2.27. The molecule has 0 amide bonds. The second kappa shape index (κ2) is 7.71. The second-order valence-electron chi connectivity index (χ2n) is 4.70. The smallest absolute Gasteiger partial charge is 0.328 e. The van der Waals surface area contributed by atoms with Crippen LogP contribution in [0.1, 0.15) is 33.1 Å². The van der Waals surface area contributed by atoms with E-state index in [1.165, 1.54) is 0 Å². The van der Waals surface area contributed by atoms with Crippen LogP contribution in [0.3, 0.4) is 0 Å². The first-order valence-corrected chi connectivity index (χ1v) is 6.76. The normalized spacial score (nSPS) is 18.4. The molecular formula is C13H25NO4. The third kappa shape index (κ3) is 4.55. The minimum absolute atomic E-state index is 0.202. The minimum Gasteiger partial charge on any atom is -0.465 e. The summed E-state index contributed by atoms with van der Waals surface area (Å²) in [5.41, 5.74) is 5.16. The van der Waals surface area contributed by atoms with Gasteiger partial charge in [-0.2, -0.15) is 0 Å². The van der Waals surface area contributed by atoms with Gasteiger partial charge in [0, 0.05) is 6.61 Å². The molecule has 0 aromatic heterocycles. The summed E-state index contributed by atoms with van der Waals surface area (Å²) in [5.74, 6) is -0.143. The molecule has 0 heterocycles. The van der Waals surface area contributed by atoms with Crippen LogP contribution < -0.4 is 5.73 Å². The molecule has 0 aliphatic heterocycles. The van der Waals surface area contributed by atoms with Gasteiger partial charge in [-0.25, -0.2) is 4.79 Å². The monoisotopic (exact) mass is 259 g/mol. The van der Waals surface area contributed by atoms with Crippen molar-refractivity contribution in [3.8, 4) is 0 Å². The van der Waals surface area contributed by atoms with E-state index in [9.17, 15) is 4.79 Å². The van der Waals surface area contributed by atoms with Crippen LogP contribution in [0.5, 0.6) is 0 Å². The van der Waals surface area contributed by atoms with Crippen LogP contribution in [-0.2, 0) is 19.0 Å². The fourth-order valence-electron chi connectivity index (χ4n) is 1.81. The summed E-state index contributed by atoms with van der Waals surface area (Å²) >= 11 is 0. The third-order valence-electron chi connectivity index (χ3n) is 3.02. The van der Waals surface area contributed by atoms with Gasteiger partial charge >= 0.3 is 5.97 Å². The van der Waals surface area contributed by atoms with E-state index in [0.717, 1.165) is 25.9 Å². The van der Waals surface area contributed by atoms with E-state index in [1.807, 2.05) is 0 Å². The summed E-state index contributed by atoms with van der Waals surface area (Å²) in [6, 6.07) is 0. The van der Waals surface area contributed by atoms with Gasteiger partial charge in [0.1, 0.15) is 5.54 Å². The van der Waals surface area contributed by atoms with Gasteiger partial charge in [-0.3, -0.25) is 0 Å². The average Bonchev–Trinajstić information content (AvgIpc) is 3.18. The Kier molecular flexibility index (Phi) is 6.60. The lowest BCUT2D eigenvalue weighted by atomic mass is 9.96. The molecule has 1 rings (SSSR count). The molecule has 0 aromatic rings. The van der Waals surface area contributed by atoms with Crippen molar-refractivity contribution in [2.24, 2.45) is 11.7 Å². The number of ether oxygens (including phenoxy) is 3. The van der Waals surface area contributed by atoms with Gasteiger partial charge in [0.25, 0.3) is 0 Å². The van der Waals surface area contributed by atoms with Crippen molar-refractivity contribution in [1.82, 2.24) is 0 Å². The van der Waals surface area contributed by atoms with Gasteiger partial charge in [-0.15, -0.1) is 0 Å². The number of esters is 1. The summed E-state index contributed by atoms with van der Waals surface area (Å²) in [6.45, 7) is 6.14. The molecule has 0 saturated heterocycles. The molecule has 0 aromatic carbocycles. The average molecular weight is 259 g/mol. The van der Waals surface area contributed by atoms with Crippen LogP contribution in [0.25, 0.3) is 0 Å². The van der Waals surface area contributed by atoms with Crippen molar-refractivity contribution in [3.05, 3.63) is 0 Å². The predicted octanol–water partition coefficient (Wildman–Crippen LogP) is 1.10. The maximum atomic E-state index is 11.9. The minimum atomic E-state index is -0.971. The first kappa shape index (κ1) is 15.4. The SMILES string of the molecule is CCCOCCOCC(N)(C(=O)OCC)C1CC1. The lowest BCUT2D eigenvalue weighted by Gasteiger charge is -2.26. The van der Waals surface area contributed by atoms with E-state index in [2.05, 4.69) is 6.92 Å². The number of nitrogens with two attached hydrogens (primary N) is 1. The summed E-state index contributed by atoms with van der Waals surface area (Å²) in [4.78, 5) is 11.9. The number of rotatable bonds is 10. The Labute approximate surface area is 109 Å². The van der Waals surface area contributed by atoms with Gasteiger partial charge in [0.2, 0.25) is 0 Å². The topological polar surface area (TPSA) is 70.8 Å². The van der Waals surface area contributed by atoms with Gasteiger partial charge in [0.15, 0.2) is 0 Å². The Morgan fingerprint density at radius 2 is 1.89 bits per heavy atom. The molecule has 1 atom stereocenters. The molecule has 0 bridgehead atoms. The molecular weight excluding hydrogens is 234 g/mol. The Morgan fingerprint density at radius 3 is 2.44 bits per heavy atom. The first-order chi connectivity index (χ1) is 8.65. The van der Waals surface area contributed by atoms with E-state index in [0.29, 0.717) is 19.8 Å². The standard InChI is InChI=1S/C13H25NO4/c1-3-7-16-8-9-17-10-13(14,11-5-6-11)12(15)18-4-2/h11H,3-10,14H2,1-2H3. The zero-order valence-corrected chi connectivity index (χ0v) is 11.4. The summed E-state index contributed by atoms with van der Waals surface area (Å²) in [7, 11) is 0. The molecule has 1 unspecified atom stereocenters. The Bertz CT molecular complexity index is 255. The number of hydrogen-bond acceptors (Lipinski definition) is 5. The Morgan fingerprint density at radius 1 is 1.22 bits per heavy atom. The van der Waals surface area contributed by atoms with Crippen molar-refractivity contribution in [2.45, 2.75) is 38.6 Å². The van der Waals surface area contributed by atoms with Crippen LogP contribution in [0, 0.1) is 5.92 Å². The highest BCUT2D eigenvalue weighted by Crippen LogP contribution is 2.39. The highest BCUT2D eigenvalue weighted by Gasteiger charge is 2.49. The maximum Gasteiger partial charge on any atom is 0.328 e. The summed E-state index contributed by atoms with van der Waals surface area (Å²) in [6.07, 6.45) is 2.95. The lowest BCUT2D eigenvalue weighted by molar-refractivity contribution is -0.153. The van der Waals surface area contributed by atoms with E-state index in [1.54, 1.807) is 6.92 Å². The van der Waals surface area contributed by atoms with Crippen molar-refractivity contribution in [1.29, 1.82) is 0 Å². The van der Waals surface area contributed by atoms with E-state index in [4.69, 9.17) is 19.9 Å². The fourth-order valence-corrected chi connectivity index (χ4v) is 1.81. The first-order valence-electron chi connectivity index (χ1n) is 6.76.